The maximum atomic E-state index is 14.1. The molecule has 1 fully saturated rings. The quantitative estimate of drug-likeness (QED) is 0.906. The number of hydrogen-bond acceptors (Lipinski definition) is 2. The van der Waals surface area contributed by atoms with Crippen molar-refractivity contribution in [3.05, 3.63) is 29.6 Å². The van der Waals surface area contributed by atoms with Crippen LogP contribution in [-0.2, 0) is 0 Å². The molecule has 0 heterocycles. The summed E-state index contributed by atoms with van der Waals surface area (Å²) in [5, 5.41) is 3.07. The van der Waals surface area contributed by atoms with Gasteiger partial charge in [0.2, 0.25) is 5.92 Å². The van der Waals surface area contributed by atoms with E-state index in [2.05, 4.69) is 5.32 Å². The summed E-state index contributed by atoms with van der Waals surface area (Å²) in [6.07, 6.45) is 0.579. The Morgan fingerprint density at radius 2 is 1.95 bits per heavy atom. The Morgan fingerprint density at radius 1 is 1.30 bits per heavy atom. The standard InChI is InChI=1S/C15H20F3NO/c1-19-14(10-5-7-15(17,18)8-6-10)12-4-3-11(20-2)9-13(12)16/h3-4,9-10,14,19H,5-8H2,1-2H3. The van der Waals surface area contributed by atoms with E-state index in [1.54, 1.807) is 19.2 Å². The van der Waals surface area contributed by atoms with Crippen LogP contribution in [0.1, 0.15) is 37.3 Å². The van der Waals surface area contributed by atoms with E-state index < -0.39 is 5.92 Å². The molecule has 0 radical (unpaired) electrons. The Hall–Kier alpha value is -1.23. The highest BCUT2D eigenvalue weighted by molar-refractivity contribution is 5.31. The number of hydrogen-bond donors (Lipinski definition) is 1. The largest absolute Gasteiger partial charge is 0.497 e. The van der Waals surface area contributed by atoms with Crippen molar-refractivity contribution in [1.82, 2.24) is 5.32 Å². The Kier molecular flexibility index (Phi) is 4.58. The summed E-state index contributed by atoms with van der Waals surface area (Å²) < 4.78 is 45.5. The molecule has 2 rings (SSSR count). The summed E-state index contributed by atoms with van der Waals surface area (Å²) in [6, 6.07) is 4.45. The van der Waals surface area contributed by atoms with Gasteiger partial charge < -0.3 is 10.1 Å². The number of rotatable bonds is 4. The van der Waals surface area contributed by atoms with Crippen LogP contribution in [0.4, 0.5) is 13.2 Å². The predicted molar refractivity (Wildman–Crippen MR) is 71.7 cm³/mol. The lowest BCUT2D eigenvalue weighted by Crippen LogP contribution is -2.33. The van der Waals surface area contributed by atoms with Gasteiger partial charge in [-0.2, -0.15) is 0 Å². The fourth-order valence-corrected chi connectivity index (χ4v) is 2.93. The van der Waals surface area contributed by atoms with E-state index in [9.17, 15) is 13.2 Å². The average Bonchev–Trinajstić information content (AvgIpc) is 2.42. The highest BCUT2D eigenvalue weighted by atomic mass is 19.3. The van der Waals surface area contributed by atoms with Gasteiger partial charge in [-0.25, -0.2) is 13.2 Å². The topological polar surface area (TPSA) is 21.3 Å². The third-order valence-corrected chi connectivity index (χ3v) is 4.09. The molecule has 0 amide bonds. The molecule has 1 atom stereocenters. The van der Waals surface area contributed by atoms with Gasteiger partial charge in [-0.05, 0) is 31.9 Å². The molecule has 20 heavy (non-hydrogen) atoms. The molecule has 112 valence electrons. The van der Waals surface area contributed by atoms with Gasteiger partial charge >= 0.3 is 0 Å². The number of ether oxygens (including phenoxy) is 1. The summed E-state index contributed by atoms with van der Waals surface area (Å²) in [5.74, 6) is -2.44. The molecule has 5 heteroatoms. The minimum atomic E-state index is -2.56. The molecule has 0 aromatic heterocycles. The second-order valence-corrected chi connectivity index (χ2v) is 5.35. The zero-order chi connectivity index (χ0) is 14.8. The third-order valence-electron chi connectivity index (χ3n) is 4.09. The van der Waals surface area contributed by atoms with Crippen molar-refractivity contribution in [2.45, 2.75) is 37.6 Å². The second-order valence-electron chi connectivity index (χ2n) is 5.35. The molecule has 1 unspecified atom stereocenters. The molecular formula is C15H20F3NO. The lowest BCUT2D eigenvalue weighted by Gasteiger charge is -2.34. The summed E-state index contributed by atoms with van der Waals surface area (Å²) in [5.41, 5.74) is 0.517. The van der Waals surface area contributed by atoms with Crippen molar-refractivity contribution < 1.29 is 17.9 Å². The maximum absolute atomic E-state index is 14.1. The lowest BCUT2D eigenvalue weighted by molar-refractivity contribution is -0.0496. The van der Waals surface area contributed by atoms with E-state index >= 15 is 0 Å². The second kappa shape index (κ2) is 6.04. The molecule has 1 aliphatic carbocycles. The summed E-state index contributed by atoms with van der Waals surface area (Å²) in [7, 11) is 3.22. The highest BCUT2D eigenvalue weighted by Gasteiger charge is 2.38. The van der Waals surface area contributed by atoms with Gasteiger partial charge in [-0.3, -0.25) is 0 Å². The highest BCUT2D eigenvalue weighted by Crippen LogP contribution is 2.41. The minimum absolute atomic E-state index is 0.0301. The summed E-state index contributed by atoms with van der Waals surface area (Å²) in [4.78, 5) is 0. The average molecular weight is 287 g/mol. The van der Waals surface area contributed by atoms with Gasteiger partial charge in [-0.15, -0.1) is 0 Å². The summed E-state index contributed by atoms with van der Waals surface area (Å²) in [6.45, 7) is 0. The van der Waals surface area contributed by atoms with Gasteiger partial charge in [0.1, 0.15) is 11.6 Å². The molecular weight excluding hydrogens is 267 g/mol. The maximum Gasteiger partial charge on any atom is 0.248 e. The van der Waals surface area contributed by atoms with Crippen LogP contribution in [0, 0.1) is 11.7 Å². The normalized spacial score (nSPS) is 20.6. The van der Waals surface area contributed by atoms with Crippen LogP contribution in [0.15, 0.2) is 18.2 Å². The van der Waals surface area contributed by atoms with E-state index in [4.69, 9.17) is 4.74 Å². The van der Waals surface area contributed by atoms with Crippen LogP contribution in [-0.4, -0.2) is 20.1 Å². The monoisotopic (exact) mass is 287 g/mol. The smallest absolute Gasteiger partial charge is 0.248 e. The number of methoxy groups -OCH3 is 1. The number of benzene rings is 1. The van der Waals surface area contributed by atoms with Crippen LogP contribution in [0.5, 0.6) is 5.75 Å². The molecule has 0 bridgehead atoms. The number of nitrogens with one attached hydrogen (secondary N) is 1. The van der Waals surface area contributed by atoms with Gasteiger partial charge in [0, 0.05) is 30.5 Å². The fraction of sp³-hybridized carbons (Fsp3) is 0.600. The van der Waals surface area contributed by atoms with Crippen molar-refractivity contribution >= 4 is 0 Å². The molecule has 2 nitrogen and oxygen atoms in total. The molecule has 1 saturated carbocycles. The van der Waals surface area contributed by atoms with E-state index in [-0.39, 0.29) is 30.6 Å². The number of alkyl halides is 2. The first-order chi connectivity index (χ1) is 9.46. The predicted octanol–water partition coefficient (Wildman–Crippen LogP) is 3.92. The van der Waals surface area contributed by atoms with Crippen molar-refractivity contribution in [1.29, 1.82) is 0 Å². The molecule has 0 saturated heterocycles. The first kappa shape index (κ1) is 15.2. The number of halogens is 3. The molecule has 1 aromatic carbocycles. The van der Waals surface area contributed by atoms with Crippen molar-refractivity contribution in [2.24, 2.45) is 5.92 Å². The third kappa shape index (κ3) is 3.26. The van der Waals surface area contributed by atoms with Crippen molar-refractivity contribution in [3.63, 3.8) is 0 Å². The minimum Gasteiger partial charge on any atom is -0.497 e. The Balaban J connectivity index is 2.16. The molecule has 1 aromatic rings. The molecule has 1 N–H and O–H groups in total. The van der Waals surface area contributed by atoms with Crippen molar-refractivity contribution in [2.75, 3.05) is 14.2 Å². The molecule has 0 spiro atoms. The zero-order valence-electron chi connectivity index (χ0n) is 11.8. The lowest BCUT2D eigenvalue weighted by atomic mass is 9.79. The fourth-order valence-electron chi connectivity index (χ4n) is 2.93. The first-order valence-electron chi connectivity index (χ1n) is 6.85. The van der Waals surface area contributed by atoms with Gasteiger partial charge in [0.15, 0.2) is 0 Å². The Labute approximate surface area is 117 Å². The van der Waals surface area contributed by atoms with Gasteiger partial charge in [-0.1, -0.05) is 6.07 Å². The first-order valence-corrected chi connectivity index (χ1v) is 6.85. The van der Waals surface area contributed by atoms with E-state index in [0.717, 1.165) is 0 Å². The molecule has 1 aliphatic rings. The van der Waals surface area contributed by atoms with E-state index in [1.165, 1.54) is 13.2 Å². The van der Waals surface area contributed by atoms with Crippen molar-refractivity contribution in [3.8, 4) is 5.75 Å². The van der Waals surface area contributed by atoms with Gasteiger partial charge in [0.25, 0.3) is 0 Å². The van der Waals surface area contributed by atoms with E-state index in [0.29, 0.717) is 24.2 Å². The van der Waals surface area contributed by atoms with Crippen LogP contribution in [0.25, 0.3) is 0 Å². The van der Waals surface area contributed by atoms with Crippen LogP contribution in [0.3, 0.4) is 0 Å². The van der Waals surface area contributed by atoms with Crippen LogP contribution >= 0.6 is 0 Å². The molecule has 0 aliphatic heterocycles. The summed E-state index contributed by atoms with van der Waals surface area (Å²) >= 11 is 0. The van der Waals surface area contributed by atoms with E-state index in [1.807, 2.05) is 0 Å². The Bertz CT molecular complexity index is 454. The Morgan fingerprint density at radius 3 is 2.45 bits per heavy atom. The zero-order valence-corrected chi connectivity index (χ0v) is 11.8. The van der Waals surface area contributed by atoms with Crippen LogP contribution < -0.4 is 10.1 Å². The SMILES string of the molecule is CNC(c1ccc(OC)cc1F)C1CCC(F)(F)CC1. The van der Waals surface area contributed by atoms with Crippen LogP contribution in [0.2, 0.25) is 0 Å². The van der Waals surface area contributed by atoms with Gasteiger partial charge in [0.05, 0.1) is 7.11 Å².